The molecule has 0 aliphatic heterocycles. The van der Waals surface area contributed by atoms with Gasteiger partial charge in [-0.15, -0.1) is 0 Å². The third-order valence-corrected chi connectivity index (χ3v) is 4.10. The van der Waals surface area contributed by atoms with Gasteiger partial charge in [0, 0.05) is 12.1 Å². The number of unbranched alkanes of at least 4 members (excludes halogenated alkanes) is 1. The molecule has 2 rings (SSSR count). The second-order valence-electron chi connectivity index (χ2n) is 6.34. The van der Waals surface area contributed by atoms with Crippen LogP contribution in [-0.2, 0) is 9.53 Å². The van der Waals surface area contributed by atoms with Crippen molar-refractivity contribution in [2.24, 2.45) is 0 Å². The van der Waals surface area contributed by atoms with Crippen LogP contribution in [-0.4, -0.2) is 30.2 Å². The van der Waals surface area contributed by atoms with Crippen LogP contribution < -0.4 is 15.4 Å². The predicted molar refractivity (Wildman–Crippen MR) is 117 cm³/mol. The van der Waals surface area contributed by atoms with Crippen molar-refractivity contribution in [2.75, 3.05) is 18.5 Å². The summed E-state index contributed by atoms with van der Waals surface area (Å²) in [6, 6.07) is 16.2. The summed E-state index contributed by atoms with van der Waals surface area (Å²) in [5, 5.41) is 5.72. The molecule has 154 valence electrons. The van der Waals surface area contributed by atoms with Gasteiger partial charge in [0.05, 0.1) is 18.8 Å². The van der Waals surface area contributed by atoms with Crippen LogP contribution in [0.1, 0.15) is 43.0 Å². The van der Waals surface area contributed by atoms with E-state index in [0.29, 0.717) is 37.3 Å². The second-order valence-corrected chi connectivity index (χ2v) is 6.75. The summed E-state index contributed by atoms with van der Waals surface area (Å²) in [5.41, 5.74) is 1.03. The molecule has 2 N–H and O–H groups in total. The molecule has 0 fully saturated rings. The van der Waals surface area contributed by atoms with E-state index in [1.54, 1.807) is 24.3 Å². The van der Waals surface area contributed by atoms with E-state index in [1.807, 2.05) is 37.3 Å². The van der Waals surface area contributed by atoms with E-state index in [0.717, 1.165) is 18.6 Å². The number of ether oxygens (including phenoxy) is 2. The summed E-state index contributed by atoms with van der Waals surface area (Å²) < 4.78 is 10.8. The normalized spacial score (nSPS) is 10.1. The van der Waals surface area contributed by atoms with Crippen LogP contribution in [0.5, 0.6) is 5.75 Å². The average molecular weight is 415 g/mol. The van der Waals surface area contributed by atoms with Gasteiger partial charge >= 0.3 is 5.97 Å². The highest BCUT2D eigenvalue weighted by Crippen LogP contribution is 2.12. The Bertz CT molecular complexity index is 811. The Morgan fingerprint density at radius 3 is 2.55 bits per heavy atom. The smallest absolute Gasteiger partial charge is 0.338 e. The Morgan fingerprint density at radius 1 is 1.00 bits per heavy atom. The fourth-order valence-electron chi connectivity index (χ4n) is 2.41. The molecule has 0 spiro atoms. The van der Waals surface area contributed by atoms with E-state index in [9.17, 15) is 9.59 Å². The van der Waals surface area contributed by atoms with E-state index >= 15 is 0 Å². The molecule has 0 bridgehead atoms. The van der Waals surface area contributed by atoms with Gasteiger partial charge in [0.15, 0.2) is 5.11 Å². The van der Waals surface area contributed by atoms with Crippen molar-refractivity contribution in [3.63, 3.8) is 0 Å². The maximum Gasteiger partial charge on any atom is 0.338 e. The molecule has 0 heterocycles. The molecule has 0 atom stereocenters. The van der Waals surface area contributed by atoms with Crippen LogP contribution in [0.25, 0.3) is 0 Å². The zero-order chi connectivity index (χ0) is 20.9. The van der Waals surface area contributed by atoms with Crippen molar-refractivity contribution < 1.29 is 19.1 Å². The minimum atomic E-state index is -0.379. The predicted octanol–water partition coefficient (Wildman–Crippen LogP) is 4.32. The van der Waals surface area contributed by atoms with Gasteiger partial charge in [-0.25, -0.2) is 4.79 Å². The van der Waals surface area contributed by atoms with Gasteiger partial charge in [0.2, 0.25) is 5.91 Å². The summed E-state index contributed by atoms with van der Waals surface area (Å²) in [6.45, 7) is 2.87. The molecular formula is C22H26N2O4S. The molecule has 0 saturated heterocycles. The first-order valence-electron chi connectivity index (χ1n) is 9.64. The Kier molecular flexibility index (Phi) is 9.65. The summed E-state index contributed by atoms with van der Waals surface area (Å²) >= 11 is 5.17. The average Bonchev–Trinajstić information content (AvgIpc) is 2.72. The van der Waals surface area contributed by atoms with Crippen molar-refractivity contribution >= 4 is 34.9 Å². The number of thiocarbonyl (C=S) groups is 1. The van der Waals surface area contributed by atoms with Crippen molar-refractivity contribution in [3.05, 3.63) is 60.2 Å². The molecule has 0 radical (unpaired) electrons. The highest BCUT2D eigenvalue weighted by molar-refractivity contribution is 7.80. The highest BCUT2D eigenvalue weighted by Gasteiger charge is 2.09. The van der Waals surface area contributed by atoms with Crippen LogP contribution >= 0.6 is 12.2 Å². The van der Waals surface area contributed by atoms with Gasteiger partial charge in [-0.2, -0.15) is 0 Å². The molecule has 1 amide bonds. The number of esters is 1. The van der Waals surface area contributed by atoms with Gasteiger partial charge in [0.25, 0.3) is 0 Å². The van der Waals surface area contributed by atoms with Gasteiger partial charge in [-0.1, -0.05) is 37.6 Å². The maximum atomic E-state index is 12.0. The lowest BCUT2D eigenvalue weighted by Gasteiger charge is -2.11. The summed E-state index contributed by atoms with van der Waals surface area (Å²) in [7, 11) is 0. The third kappa shape index (κ3) is 8.74. The zero-order valence-corrected chi connectivity index (χ0v) is 17.3. The highest BCUT2D eigenvalue weighted by atomic mass is 32.1. The molecule has 0 aliphatic carbocycles. The maximum absolute atomic E-state index is 12.0. The second kappa shape index (κ2) is 12.5. The van der Waals surface area contributed by atoms with E-state index in [1.165, 1.54) is 0 Å². The van der Waals surface area contributed by atoms with Crippen molar-refractivity contribution in [2.45, 2.75) is 32.6 Å². The third-order valence-electron chi connectivity index (χ3n) is 3.90. The van der Waals surface area contributed by atoms with Crippen LogP contribution in [0.4, 0.5) is 5.69 Å². The molecule has 0 unspecified atom stereocenters. The van der Waals surface area contributed by atoms with Crippen LogP contribution in [0.3, 0.4) is 0 Å². The number of rotatable bonds is 10. The van der Waals surface area contributed by atoms with Gasteiger partial charge in [0.1, 0.15) is 5.75 Å². The van der Waals surface area contributed by atoms with E-state index in [-0.39, 0.29) is 17.0 Å². The molecule has 2 aromatic carbocycles. The number of nitrogens with one attached hydrogen (secondary N) is 2. The Morgan fingerprint density at radius 2 is 1.79 bits per heavy atom. The first-order chi connectivity index (χ1) is 14.1. The minimum absolute atomic E-state index is 0.176. The lowest BCUT2D eigenvalue weighted by Crippen LogP contribution is -2.34. The van der Waals surface area contributed by atoms with Crippen LogP contribution in [0.15, 0.2) is 54.6 Å². The number of anilines is 1. The Balaban J connectivity index is 1.71. The number of carbonyl (C=O) groups is 2. The molecular weight excluding hydrogens is 388 g/mol. The molecule has 0 aliphatic rings. The number of benzene rings is 2. The lowest BCUT2D eigenvalue weighted by atomic mass is 10.2. The van der Waals surface area contributed by atoms with E-state index in [2.05, 4.69) is 10.6 Å². The number of hydrogen-bond donors (Lipinski definition) is 2. The molecule has 0 aromatic heterocycles. The molecule has 6 nitrogen and oxygen atoms in total. The summed E-state index contributed by atoms with van der Waals surface area (Å²) in [6.07, 6.45) is 2.65. The van der Waals surface area contributed by atoms with E-state index in [4.69, 9.17) is 21.7 Å². The minimum Gasteiger partial charge on any atom is -0.494 e. The zero-order valence-electron chi connectivity index (χ0n) is 16.5. The van der Waals surface area contributed by atoms with E-state index < -0.39 is 0 Å². The number of hydrogen-bond acceptors (Lipinski definition) is 5. The van der Waals surface area contributed by atoms with Crippen molar-refractivity contribution in [1.82, 2.24) is 5.32 Å². The monoisotopic (exact) mass is 414 g/mol. The fraction of sp³-hybridized carbons (Fsp3) is 0.318. The fourth-order valence-corrected chi connectivity index (χ4v) is 2.64. The van der Waals surface area contributed by atoms with Crippen molar-refractivity contribution in [3.8, 4) is 5.75 Å². The van der Waals surface area contributed by atoms with Gasteiger partial charge < -0.3 is 20.1 Å². The quantitative estimate of drug-likeness (QED) is 0.343. The standard InChI is InChI=1S/C22H26N2O4S/c1-2-3-14-28-21(26)17-9-7-10-18(16-17)23-22(29)24-20(25)13-8-15-27-19-11-5-4-6-12-19/h4-7,9-12,16H,2-3,8,13-15H2,1H3,(H2,23,24,25,29). The Hall–Kier alpha value is -2.93. The molecule has 0 saturated carbocycles. The number of carbonyl (C=O) groups excluding carboxylic acids is 2. The Labute approximate surface area is 176 Å². The summed E-state index contributed by atoms with van der Waals surface area (Å²) in [4.78, 5) is 24.0. The van der Waals surface area contributed by atoms with Crippen LogP contribution in [0, 0.1) is 0 Å². The first-order valence-corrected chi connectivity index (χ1v) is 10.0. The lowest BCUT2D eigenvalue weighted by molar-refractivity contribution is -0.119. The van der Waals surface area contributed by atoms with Crippen molar-refractivity contribution in [1.29, 1.82) is 0 Å². The SMILES string of the molecule is CCCCOC(=O)c1cccc(NC(=S)NC(=O)CCCOc2ccccc2)c1. The topological polar surface area (TPSA) is 76.7 Å². The molecule has 29 heavy (non-hydrogen) atoms. The first kappa shape index (κ1) is 22.4. The molecule has 7 heteroatoms. The van der Waals surface area contributed by atoms with Gasteiger partial charge in [-0.05, 0) is 55.4 Å². The summed E-state index contributed by atoms with van der Waals surface area (Å²) in [5.74, 6) is 0.197. The number of amides is 1. The van der Waals surface area contributed by atoms with Gasteiger partial charge in [-0.3, -0.25) is 4.79 Å². The van der Waals surface area contributed by atoms with Crippen LogP contribution in [0.2, 0.25) is 0 Å². The molecule has 2 aromatic rings. The number of para-hydroxylation sites is 1. The largest absolute Gasteiger partial charge is 0.494 e.